The van der Waals surface area contributed by atoms with Gasteiger partial charge in [0, 0.05) is 18.2 Å². The SMILES string of the molecule is N#CC=C1CCNc2c(F)cccc21. The molecule has 14 heavy (non-hydrogen) atoms. The minimum atomic E-state index is -0.258. The van der Waals surface area contributed by atoms with Gasteiger partial charge in [-0.05, 0) is 18.1 Å². The summed E-state index contributed by atoms with van der Waals surface area (Å²) in [6.45, 7) is 0.682. The minimum Gasteiger partial charge on any atom is -0.382 e. The van der Waals surface area contributed by atoms with Crippen molar-refractivity contribution in [3.63, 3.8) is 0 Å². The maximum Gasteiger partial charge on any atom is 0.146 e. The molecular weight excluding hydrogens is 179 g/mol. The summed E-state index contributed by atoms with van der Waals surface area (Å²) in [4.78, 5) is 0. The first-order valence-electron chi connectivity index (χ1n) is 4.44. The lowest BCUT2D eigenvalue weighted by Crippen LogP contribution is -2.12. The van der Waals surface area contributed by atoms with Gasteiger partial charge in [-0.25, -0.2) is 4.39 Å². The third kappa shape index (κ3) is 1.35. The third-order valence-corrected chi connectivity index (χ3v) is 2.29. The second-order valence-electron chi connectivity index (χ2n) is 3.14. The molecule has 3 heteroatoms. The van der Waals surface area contributed by atoms with Crippen molar-refractivity contribution in [1.29, 1.82) is 5.26 Å². The van der Waals surface area contributed by atoms with Gasteiger partial charge in [0.15, 0.2) is 0 Å². The Morgan fingerprint density at radius 3 is 3.14 bits per heavy atom. The van der Waals surface area contributed by atoms with Gasteiger partial charge in [0.25, 0.3) is 0 Å². The van der Waals surface area contributed by atoms with Gasteiger partial charge in [0.2, 0.25) is 0 Å². The van der Waals surface area contributed by atoms with Crippen LogP contribution < -0.4 is 5.32 Å². The highest BCUT2D eigenvalue weighted by molar-refractivity contribution is 5.80. The van der Waals surface area contributed by atoms with Crippen molar-refractivity contribution in [3.05, 3.63) is 35.7 Å². The number of para-hydroxylation sites is 1. The van der Waals surface area contributed by atoms with Crippen LogP contribution in [-0.4, -0.2) is 6.54 Å². The molecule has 1 aromatic rings. The Morgan fingerprint density at radius 2 is 2.36 bits per heavy atom. The molecule has 0 saturated carbocycles. The predicted molar refractivity (Wildman–Crippen MR) is 53.1 cm³/mol. The van der Waals surface area contributed by atoms with Gasteiger partial charge in [0.05, 0.1) is 11.8 Å². The standard InChI is InChI=1S/C11H9FN2/c12-10-3-1-2-9-8(4-6-13)5-7-14-11(9)10/h1-4,14H,5,7H2. The molecule has 1 aliphatic heterocycles. The van der Waals surface area contributed by atoms with E-state index in [4.69, 9.17) is 5.26 Å². The Balaban J connectivity index is 2.57. The number of benzene rings is 1. The summed E-state index contributed by atoms with van der Waals surface area (Å²) in [5.74, 6) is -0.258. The fourth-order valence-corrected chi connectivity index (χ4v) is 1.66. The van der Waals surface area contributed by atoms with E-state index < -0.39 is 0 Å². The summed E-state index contributed by atoms with van der Waals surface area (Å²) < 4.78 is 13.3. The maximum atomic E-state index is 13.3. The monoisotopic (exact) mass is 188 g/mol. The molecule has 1 aromatic carbocycles. The fourth-order valence-electron chi connectivity index (χ4n) is 1.66. The fraction of sp³-hybridized carbons (Fsp3) is 0.182. The van der Waals surface area contributed by atoms with Crippen LogP contribution in [0.5, 0.6) is 0 Å². The van der Waals surface area contributed by atoms with E-state index in [1.54, 1.807) is 6.07 Å². The highest BCUT2D eigenvalue weighted by atomic mass is 19.1. The van der Waals surface area contributed by atoms with E-state index in [0.29, 0.717) is 12.2 Å². The zero-order valence-electron chi connectivity index (χ0n) is 7.55. The number of nitrogens with one attached hydrogen (secondary N) is 1. The van der Waals surface area contributed by atoms with Crippen molar-refractivity contribution in [2.75, 3.05) is 11.9 Å². The Labute approximate surface area is 81.7 Å². The van der Waals surface area contributed by atoms with Crippen LogP contribution in [0.3, 0.4) is 0 Å². The second kappa shape index (κ2) is 3.51. The minimum absolute atomic E-state index is 0.258. The number of halogens is 1. The molecule has 0 spiro atoms. The lowest BCUT2D eigenvalue weighted by atomic mass is 9.97. The summed E-state index contributed by atoms with van der Waals surface area (Å²) in [5.41, 5.74) is 2.22. The molecule has 2 rings (SSSR count). The number of nitriles is 1. The summed E-state index contributed by atoms with van der Waals surface area (Å²) in [6, 6.07) is 6.89. The molecular formula is C11H9FN2. The Kier molecular flexibility index (Phi) is 2.19. The van der Waals surface area contributed by atoms with Crippen molar-refractivity contribution in [2.45, 2.75) is 6.42 Å². The highest BCUT2D eigenvalue weighted by Gasteiger charge is 2.15. The predicted octanol–water partition coefficient (Wildman–Crippen LogP) is 2.55. The summed E-state index contributed by atoms with van der Waals surface area (Å²) in [5, 5.41) is 11.6. The molecule has 1 heterocycles. The van der Waals surface area contributed by atoms with Gasteiger partial charge >= 0.3 is 0 Å². The Hall–Kier alpha value is -1.82. The first kappa shape index (κ1) is 8.76. The van der Waals surface area contributed by atoms with Crippen LogP contribution in [0.15, 0.2) is 24.3 Å². The maximum absolute atomic E-state index is 13.3. The van der Waals surface area contributed by atoms with Crippen LogP contribution in [0.1, 0.15) is 12.0 Å². The molecule has 0 atom stereocenters. The van der Waals surface area contributed by atoms with Crippen molar-refractivity contribution >= 4 is 11.3 Å². The van der Waals surface area contributed by atoms with Crippen LogP contribution >= 0.6 is 0 Å². The van der Waals surface area contributed by atoms with Gasteiger partial charge in [-0.3, -0.25) is 0 Å². The zero-order chi connectivity index (χ0) is 9.97. The molecule has 0 bridgehead atoms. The molecule has 0 aliphatic carbocycles. The van der Waals surface area contributed by atoms with Gasteiger partial charge in [-0.15, -0.1) is 0 Å². The van der Waals surface area contributed by atoms with E-state index >= 15 is 0 Å². The topological polar surface area (TPSA) is 35.8 Å². The van der Waals surface area contributed by atoms with Crippen molar-refractivity contribution < 1.29 is 4.39 Å². The molecule has 0 radical (unpaired) electrons. The lowest BCUT2D eigenvalue weighted by Gasteiger charge is -2.20. The van der Waals surface area contributed by atoms with Crippen LogP contribution in [0.4, 0.5) is 10.1 Å². The highest BCUT2D eigenvalue weighted by Crippen LogP contribution is 2.32. The third-order valence-electron chi connectivity index (χ3n) is 2.29. The van der Waals surface area contributed by atoms with Crippen LogP contribution in [0.2, 0.25) is 0 Å². The summed E-state index contributed by atoms with van der Waals surface area (Å²) in [7, 11) is 0. The van der Waals surface area contributed by atoms with Crippen LogP contribution in [0.25, 0.3) is 5.57 Å². The Morgan fingerprint density at radius 1 is 1.50 bits per heavy atom. The second-order valence-corrected chi connectivity index (χ2v) is 3.14. The molecule has 0 fully saturated rings. The van der Waals surface area contributed by atoms with E-state index in [-0.39, 0.29) is 5.82 Å². The first-order valence-corrected chi connectivity index (χ1v) is 4.44. The molecule has 70 valence electrons. The normalized spacial score (nSPS) is 17.0. The number of nitrogens with zero attached hydrogens (tertiary/aromatic N) is 1. The van der Waals surface area contributed by atoms with Crippen molar-refractivity contribution in [3.8, 4) is 6.07 Å². The number of allylic oxidation sites excluding steroid dienone is 1. The van der Waals surface area contributed by atoms with Crippen LogP contribution in [-0.2, 0) is 0 Å². The van der Waals surface area contributed by atoms with E-state index in [2.05, 4.69) is 5.32 Å². The van der Waals surface area contributed by atoms with Gasteiger partial charge in [-0.1, -0.05) is 12.1 Å². The molecule has 0 saturated heterocycles. The van der Waals surface area contributed by atoms with Gasteiger partial charge in [-0.2, -0.15) is 5.26 Å². The Bertz CT molecular complexity index is 429. The number of rotatable bonds is 0. The largest absolute Gasteiger partial charge is 0.382 e. The van der Waals surface area contributed by atoms with Crippen LogP contribution in [0, 0.1) is 17.1 Å². The molecule has 0 amide bonds. The van der Waals surface area contributed by atoms with Gasteiger partial charge < -0.3 is 5.32 Å². The number of anilines is 1. The zero-order valence-corrected chi connectivity index (χ0v) is 7.55. The summed E-state index contributed by atoms with van der Waals surface area (Å²) >= 11 is 0. The van der Waals surface area contributed by atoms with Crippen molar-refractivity contribution in [1.82, 2.24) is 0 Å². The van der Waals surface area contributed by atoms with E-state index in [1.165, 1.54) is 12.1 Å². The van der Waals surface area contributed by atoms with E-state index in [0.717, 1.165) is 17.6 Å². The number of fused-ring (bicyclic) bond motifs is 1. The molecule has 1 N–H and O–H groups in total. The smallest absolute Gasteiger partial charge is 0.146 e. The molecule has 0 unspecified atom stereocenters. The molecule has 1 aliphatic rings. The first-order chi connectivity index (χ1) is 6.83. The van der Waals surface area contributed by atoms with Gasteiger partial charge in [0.1, 0.15) is 5.82 Å². The molecule has 0 aromatic heterocycles. The van der Waals surface area contributed by atoms with E-state index in [1.807, 2.05) is 12.1 Å². The van der Waals surface area contributed by atoms with E-state index in [9.17, 15) is 4.39 Å². The van der Waals surface area contributed by atoms with Crippen molar-refractivity contribution in [2.24, 2.45) is 0 Å². The number of hydrogen-bond acceptors (Lipinski definition) is 2. The average Bonchev–Trinajstić information content (AvgIpc) is 2.20. The lowest BCUT2D eigenvalue weighted by molar-refractivity contribution is 0.628. The average molecular weight is 188 g/mol. The molecule has 2 nitrogen and oxygen atoms in total. The quantitative estimate of drug-likeness (QED) is 0.635. The summed E-state index contributed by atoms with van der Waals surface area (Å²) in [6.07, 6.45) is 2.25. The number of hydrogen-bond donors (Lipinski definition) is 1.